The van der Waals surface area contributed by atoms with Crippen molar-refractivity contribution in [1.29, 1.82) is 0 Å². The zero-order valence-corrected chi connectivity index (χ0v) is 16.9. The van der Waals surface area contributed by atoms with E-state index in [1.54, 1.807) is 12.1 Å². The van der Waals surface area contributed by atoms with Crippen LogP contribution in [0.2, 0.25) is 0 Å². The van der Waals surface area contributed by atoms with Gasteiger partial charge in [-0.2, -0.15) is 0 Å². The molecule has 0 heterocycles. The van der Waals surface area contributed by atoms with Gasteiger partial charge >= 0.3 is 0 Å². The predicted octanol–water partition coefficient (Wildman–Crippen LogP) is 4.90. The Hall–Kier alpha value is -3.26. The van der Waals surface area contributed by atoms with Crippen LogP contribution in [0.25, 0.3) is 0 Å². The summed E-state index contributed by atoms with van der Waals surface area (Å²) in [6, 6.07) is 18.1. The minimum Gasteiger partial charge on any atom is -0.326 e. The molecule has 0 fully saturated rings. The molecule has 156 valence electrons. The summed E-state index contributed by atoms with van der Waals surface area (Å²) < 4.78 is 53.2. The summed E-state index contributed by atoms with van der Waals surface area (Å²) in [4.78, 5) is 11.9. The van der Waals surface area contributed by atoms with Gasteiger partial charge in [-0.1, -0.05) is 37.3 Å². The fourth-order valence-corrected chi connectivity index (χ4v) is 3.94. The molecule has 3 aromatic carbocycles. The molecule has 0 aliphatic carbocycles. The maximum absolute atomic E-state index is 13.3. The van der Waals surface area contributed by atoms with E-state index in [9.17, 15) is 22.0 Å². The highest BCUT2D eigenvalue weighted by Gasteiger charge is 2.17. The molecule has 1 amide bonds. The van der Waals surface area contributed by atoms with Gasteiger partial charge in [-0.3, -0.25) is 9.52 Å². The van der Waals surface area contributed by atoms with E-state index in [0.29, 0.717) is 18.2 Å². The van der Waals surface area contributed by atoms with Crippen molar-refractivity contribution in [3.8, 4) is 0 Å². The molecule has 0 aromatic heterocycles. The van der Waals surface area contributed by atoms with Crippen molar-refractivity contribution in [2.24, 2.45) is 0 Å². The lowest BCUT2D eigenvalue weighted by Gasteiger charge is -2.13. The number of hydrogen-bond acceptors (Lipinski definition) is 3. The van der Waals surface area contributed by atoms with Gasteiger partial charge in [-0.15, -0.1) is 0 Å². The Labute approximate surface area is 173 Å². The number of sulfonamides is 1. The van der Waals surface area contributed by atoms with E-state index < -0.39 is 26.6 Å². The van der Waals surface area contributed by atoms with Gasteiger partial charge in [0.2, 0.25) is 5.91 Å². The van der Waals surface area contributed by atoms with E-state index in [1.165, 1.54) is 12.1 Å². The summed E-state index contributed by atoms with van der Waals surface area (Å²) in [5.41, 5.74) is 1.79. The van der Waals surface area contributed by atoms with Crippen LogP contribution in [-0.2, 0) is 14.8 Å². The number of nitrogens with one attached hydrogen (secondary N) is 2. The molecule has 0 saturated heterocycles. The Bertz CT molecular complexity index is 1130. The molecule has 1 unspecified atom stereocenters. The Morgan fingerprint density at radius 2 is 1.53 bits per heavy atom. The molecular weight excluding hydrogens is 410 g/mol. The minimum atomic E-state index is -4.08. The largest absolute Gasteiger partial charge is 0.326 e. The number of anilines is 2. The van der Waals surface area contributed by atoms with Crippen molar-refractivity contribution in [1.82, 2.24) is 0 Å². The molecule has 2 N–H and O–H groups in total. The van der Waals surface area contributed by atoms with E-state index in [4.69, 9.17) is 0 Å². The van der Waals surface area contributed by atoms with E-state index in [2.05, 4.69) is 10.0 Å². The monoisotopic (exact) mass is 430 g/mol. The van der Waals surface area contributed by atoms with Crippen molar-refractivity contribution in [2.75, 3.05) is 10.0 Å². The van der Waals surface area contributed by atoms with E-state index in [-0.39, 0.29) is 17.5 Å². The van der Waals surface area contributed by atoms with Gasteiger partial charge in [0.1, 0.15) is 0 Å². The first kappa shape index (κ1) is 21.4. The molecule has 3 aromatic rings. The zero-order chi connectivity index (χ0) is 21.7. The Balaban J connectivity index is 1.61. The molecule has 3 rings (SSSR count). The summed E-state index contributed by atoms with van der Waals surface area (Å²) in [7, 11) is -4.08. The Morgan fingerprint density at radius 3 is 2.17 bits per heavy atom. The Kier molecular flexibility index (Phi) is 6.47. The number of amides is 1. The maximum atomic E-state index is 13.3. The third-order valence-electron chi connectivity index (χ3n) is 4.48. The number of hydrogen-bond donors (Lipinski definition) is 2. The molecule has 30 heavy (non-hydrogen) atoms. The van der Waals surface area contributed by atoms with E-state index in [1.807, 2.05) is 37.3 Å². The van der Waals surface area contributed by atoms with Gasteiger partial charge in [0.05, 0.1) is 4.90 Å². The molecule has 0 radical (unpaired) electrons. The smallest absolute Gasteiger partial charge is 0.261 e. The van der Waals surface area contributed by atoms with Gasteiger partial charge < -0.3 is 5.32 Å². The second kappa shape index (κ2) is 9.04. The summed E-state index contributed by atoms with van der Waals surface area (Å²) in [5, 5.41) is 2.77. The van der Waals surface area contributed by atoms with Crippen LogP contribution in [0.5, 0.6) is 0 Å². The van der Waals surface area contributed by atoms with Crippen LogP contribution in [0.1, 0.15) is 24.8 Å². The zero-order valence-electron chi connectivity index (χ0n) is 16.1. The number of rotatable bonds is 7. The summed E-state index contributed by atoms with van der Waals surface area (Å²) in [6.07, 6.45) is 0.300. The third kappa shape index (κ3) is 5.42. The molecule has 0 aliphatic heterocycles. The lowest BCUT2D eigenvalue weighted by atomic mass is 9.97. The topological polar surface area (TPSA) is 75.3 Å². The molecule has 0 saturated carbocycles. The Morgan fingerprint density at radius 1 is 0.900 bits per heavy atom. The van der Waals surface area contributed by atoms with E-state index >= 15 is 0 Å². The van der Waals surface area contributed by atoms with Gasteiger partial charge in [0, 0.05) is 17.8 Å². The quantitative estimate of drug-likeness (QED) is 0.560. The van der Waals surface area contributed by atoms with Crippen LogP contribution in [0.3, 0.4) is 0 Å². The summed E-state index contributed by atoms with van der Waals surface area (Å²) in [5.74, 6) is -2.49. The van der Waals surface area contributed by atoms with E-state index in [0.717, 1.165) is 17.7 Å². The van der Waals surface area contributed by atoms with Crippen molar-refractivity contribution in [3.05, 3.63) is 90.0 Å². The molecule has 5 nitrogen and oxygen atoms in total. The first-order valence-corrected chi connectivity index (χ1v) is 10.7. The number of halogens is 2. The summed E-state index contributed by atoms with van der Waals surface area (Å²) >= 11 is 0. The first-order valence-electron chi connectivity index (χ1n) is 9.17. The van der Waals surface area contributed by atoms with Gasteiger partial charge in [-0.05, 0) is 53.9 Å². The number of carbonyl (C=O) groups is 1. The molecule has 0 aliphatic rings. The van der Waals surface area contributed by atoms with Gasteiger partial charge in [0.25, 0.3) is 10.0 Å². The fraction of sp³-hybridized carbons (Fsp3) is 0.136. The van der Waals surface area contributed by atoms with Crippen LogP contribution in [-0.4, -0.2) is 14.3 Å². The first-order chi connectivity index (χ1) is 14.2. The highest BCUT2D eigenvalue weighted by molar-refractivity contribution is 7.92. The second-order valence-corrected chi connectivity index (χ2v) is 8.51. The normalized spacial score (nSPS) is 12.2. The number of carbonyl (C=O) groups excluding carboxylic acids is 1. The molecule has 1 atom stereocenters. The van der Waals surface area contributed by atoms with Crippen LogP contribution < -0.4 is 10.0 Å². The van der Waals surface area contributed by atoms with Crippen molar-refractivity contribution < 1.29 is 22.0 Å². The van der Waals surface area contributed by atoms with Gasteiger partial charge in [0.15, 0.2) is 11.6 Å². The maximum Gasteiger partial charge on any atom is 0.261 e. The van der Waals surface area contributed by atoms with Crippen LogP contribution in [0.15, 0.2) is 77.7 Å². The highest BCUT2D eigenvalue weighted by Crippen LogP contribution is 2.22. The average molecular weight is 430 g/mol. The fourth-order valence-electron chi connectivity index (χ4n) is 2.87. The molecule has 0 bridgehead atoms. The van der Waals surface area contributed by atoms with Crippen molar-refractivity contribution in [2.45, 2.75) is 24.2 Å². The van der Waals surface area contributed by atoms with Crippen molar-refractivity contribution in [3.63, 3.8) is 0 Å². The predicted molar refractivity (Wildman–Crippen MR) is 112 cm³/mol. The second-order valence-electron chi connectivity index (χ2n) is 6.82. The lowest BCUT2D eigenvalue weighted by Crippen LogP contribution is -2.15. The van der Waals surface area contributed by atoms with Crippen LogP contribution in [0, 0.1) is 11.6 Å². The van der Waals surface area contributed by atoms with Crippen LogP contribution in [0.4, 0.5) is 20.2 Å². The lowest BCUT2D eigenvalue weighted by molar-refractivity contribution is -0.116. The minimum absolute atomic E-state index is 0.0494. The average Bonchev–Trinajstić information content (AvgIpc) is 2.71. The highest BCUT2D eigenvalue weighted by atomic mass is 32.2. The molecule has 8 heteroatoms. The standard InChI is InChI=1S/C22H20F2N2O3S/c1-15(16-5-3-2-4-6-16)13-22(27)25-17-7-9-18(10-8-17)26-30(28,29)19-11-12-20(23)21(24)14-19/h2-12,14-15,26H,13H2,1H3,(H,25,27). The summed E-state index contributed by atoms with van der Waals surface area (Å²) in [6.45, 7) is 1.96. The van der Waals surface area contributed by atoms with Gasteiger partial charge in [-0.25, -0.2) is 17.2 Å². The van der Waals surface area contributed by atoms with Crippen molar-refractivity contribution >= 4 is 27.3 Å². The molecular formula is C22H20F2N2O3S. The number of benzene rings is 3. The van der Waals surface area contributed by atoms with Crippen LogP contribution >= 0.6 is 0 Å². The molecule has 0 spiro atoms. The third-order valence-corrected chi connectivity index (χ3v) is 5.86. The SMILES string of the molecule is CC(CC(=O)Nc1ccc(NS(=O)(=O)c2ccc(F)c(F)c2)cc1)c1ccccc1.